The van der Waals surface area contributed by atoms with Crippen LogP contribution in [0.25, 0.3) is 10.9 Å². The van der Waals surface area contributed by atoms with E-state index in [-0.39, 0.29) is 29.5 Å². The number of aromatic amines is 1. The molecule has 1 saturated heterocycles. The molecule has 0 spiro atoms. The number of amides is 2. The van der Waals surface area contributed by atoms with Crippen LogP contribution in [0.5, 0.6) is 5.75 Å². The van der Waals surface area contributed by atoms with E-state index in [1.807, 2.05) is 25.1 Å². The van der Waals surface area contributed by atoms with Gasteiger partial charge in [0.15, 0.2) is 0 Å². The lowest BCUT2D eigenvalue weighted by Crippen LogP contribution is -2.50. The predicted molar refractivity (Wildman–Crippen MR) is 141 cm³/mol. The van der Waals surface area contributed by atoms with Crippen molar-refractivity contribution in [3.05, 3.63) is 88.1 Å². The highest BCUT2D eigenvalue weighted by Gasteiger charge is 2.41. The summed E-state index contributed by atoms with van der Waals surface area (Å²) in [5.41, 5.74) is 3.77. The summed E-state index contributed by atoms with van der Waals surface area (Å²) in [6.07, 6.45) is 6.41. The Balaban J connectivity index is 1.49. The third kappa shape index (κ3) is 4.63. The number of carbonyl (C=O) groups is 2. The van der Waals surface area contributed by atoms with Crippen molar-refractivity contribution in [2.75, 3.05) is 7.11 Å². The molecule has 180 valence electrons. The molecule has 3 aromatic rings. The molecule has 1 fully saturated rings. The minimum atomic E-state index is -0.493. The SMILES string of the molecule is COc1ccc2[nH]c(C)c(CC(=O)N(C(=O)c3ccc(Cl)cc3)C3NC4C=CC(C)=CC4S3)c2c1. The van der Waals surface area contributed by atoms with Crippen molar-refractivity contribution in [2.24, 2.45) is 0 Å². The van der Waals surface area contributed by atoms with Crippen LogP contribution in [0, 0.1) is 6.92 Å². The van der Waals surface area contributed by atoms with Gasteiger partial charge in [-0.15, -0.1) is 11.8 Å². The van der Waals surface area contributed by atoms with Crippen LogP contribution < -0.4 is 10.1 Å². The van der Waals surface area contributed by atoms with Crippen LogP contribution in [0.2, 0.25) is 5.02 Å². The number of halogens is 1. The van der Waals surface area contributed by atoms with Gasteiger partial charge in [0.25, 0.3) is 5.91 Å². The van der Waals surface area contributed by atoms with Crippen LogP contribution >= 0.6 is 23.4 Å². The molecule has 2 amide bonds. The Kier molecular flexibility index (Phi) is 6.49. The van der Waals surface area contributed by atoms with Crippen molar-refractivity contribution >= 4 is 46.1 Å². The van der Waals surface area contributed by atoms with Gasteiger partial charge in [-0.05, 0) is 61.9 Å². The second-order valence-corrected chi connectivity index (χ2v) is 10.5. The Morgan fingerprint density at radius 2 is 1.91 bits per heavy atom. The van der Waals surface area contributed by atoms with E-state index in [1.54, 1.807) is 43.1 Å². The fourth-order valence-electron chi connectivity index (χ4n) is 4.58. The molecule has 35 heavy (non-hydrogen) atoms. The van der Waals surface area contributed by atoms with Crippen molar-refractivity contribution in [3.8, 4) is 5.75 Å². The van der Waals surface area contributed by atoms with E-state index in [1.165, 1.54) is 10.5 Å². The molecule has 3 atom stereocenters. The fourth-order valence-corrected chi connectivity index (χ4v) is 6.21. The summed E-state index contributed by atoms with van der Waals surface area (Å²) in [5, 5.41) is 5.07. The van der Waals surface area contributed by atoms with E-state index in [4.69, 9.17) is 16.3 Å². The Bertz CT molecular complexity index is 1360. The Hall–Kier alpha value is -3.00. The molecule has 0 bridgehead atoms. The quantitative estimate of drug-likeness (QED) is 0.495. The highest BCUT2D eigenvalue weighted by molar-refractivity contribution is 8.00. The monoisotopic (exact) mass is 507 g/mol. The first-order valence-electron chi connectivity index (χ1n) is 11.4. The molecule has 2 aliphatic rings. The molecule has 2 N–H and O–H groups in total. The van der Waals surface area contributed by atoms with Gasteiger partial charge < -0.3 is 9.72 Å². The second kappa shape index (κ2) is 9.57. The fraction of sp³-hybridized carbons (Fsp3) is 0.259. The maximum Gasteiger partial charge on any atom is 0.262 e. The number of rotatable bonds is 5. The number of thioether (sulfide) groups is 1. The standard InChI is InChI=1S/C27H26ClN3O3S/c1-15-4-10-23-24(12-15)35-27(30-23)31(26(33)17-5-7-18(28)8-6-17)25(32)14-20-16(2)29-22-11-9-19(34-3)13-21(20)22/h4-13,23-24,27,29-30H,14H2,1-3H3. The number of aryl methyl sites for hydroxylation is 1. The summed E-state index contributed by atoms with van der Waals surface area (Å²) in [6, 6.07) is 12.4. The largest absolute Gasteiger partial charge is 0.497 e. The van der Waals surface area contributed by atoms with Crippen molar-refractivity contribution < 1.29 is 14.3 Å². The first-order chi connectivity index (χ1) is 16.8. The first kappa shape index (κ1) is 23.7. The summed E-state index contributed by atoms with van der Waals surface area (Å²) >= 11 is 7.62. The first-order valence-corrected chi connectivity index (χ1v) is 12.7. The van der Waals surface area contributed by atoms with Crippen molar-refractivity contribution in [3.63, 3.8) is 0 Å². The van der Waals surface area contributed by atoms with Gasteiger partial charge in [-0.1, -0.05) is 35.4 Å². The highest BCUT2D eigenvalue weighted by Crippen LogP contribution is 2.36. The predicted octanol–water partition coefficient (Wildman–Crippen LogP) is 5.22. The van der Waals surface area contributed by atoms with Gasteiger partial charge in [0.05, 0.1) is 13.5 Å². The van der Waals surface area contributed by atoms with Crippen LogP contribution in [0.1, 0.15) is 28.5 Å². The number of fused-ring (bicyclic) bond motifs is 2. The number of allylic oxidation sites excluding steroid dienone is 2. The molecule has 5 rings (SSSR count). The maximum atomic E-state index is 13.8. The van der Waals surface area contributed by atoms with E-state index in [2.05, 4.69) is 35.5 Å². The number of hydrogen-bond donors (Lipinski definition) is 2. The average Bonchev–Trinajstić information content (AvgIpc) is 3.39. The Labute approximate surface area is 213 Å². The van der Waals surface area contributed by atoms with Crippen LogP contribution in [-0.4, -0.2) is 45.6 Å². The Morgan fingerprint density at radius 1 is 1.14 bits per heavy atom. The van der Waals surface area contributed by atoms with Crippen molar-refractivity contribution in [1.82, 2.24) is 15.2 Å². The zero-order chi connectivity index (χ0) is 24.7. The Morgan fingerprint density at radius 3 is 2.66 bits per heavy atom. The number of H-pyrrole nitrogens is 1. The summed E-state index contributed by atoms with van der Waals surface area (Å²) in [5.74, 6) is 0.0884. The molecule has 3 unspecified atom stereocenters. The molecule has 1 aromatic heterocycles. The van der Waals surface area contributed by atoms with Gasteiger partial charge in [-0.25, -0.2) is 0 Å². The summed E-state index contributed by atoms with van der Waals surface area (Å²) in [7, 11) is 1.62. The lowest BCUT2D eigenvalue weighted by atomic mass is 10.0. The van der Waals surface area contributed by atoms with E-state index in [0.717, 1.165) is 22.2 Å². The van der Waals surface area contributed by atoms with Gasteiger partial charge in [0.2, 0.25) is 5.91 Å². The van der Waals surface area contributed by atoms with Gasteiger partial charge in [-0.3, -0.25) is 19.8 Å². The zero-order valence-corrected chi connectivity index (χ0v) is 21.2. The second-order valence-electron chi connectivity index (χ2n) is 8.81. The van der Waals surface area contributed by atoms with Crippen LogP contribution in [-0.2, 0) is 11.2 Å². The highest BCUT2D eigenvalue weighted by atomic mass is 35.5. The molecule has 0 saturated carbocycles. The molecule has 0 radical (unpaired) electrons. The lowest BCUT2D eigenvalue weighted by molar-refractivity contribution is -0.128. The smallest absolute Gasteiger partial charge is 0.262 e. The molecular formula is C27H26ClN3O3S. The summed E-state index contributed by atoms with van der Waals surface area (Å²) in [6.45, 7) is 3.99. The number of carbonyl (C=O) groups excluding carboxylic acids is 2. The number of aromatic nitrogens is 1. The van der Waals surface area contributed by atoms with E-state index >= 15 is 0 Å². The van der Waals surface area contributed by atoms with Crippen LogP contribution in [0.4, 0.5) is 0 Å². The molecule has 2 aromatic carbocycles. The van der Waals surface area contributed by atoms with Crippen LogP contribution in [0.3, 0.4) is 0 Å². The summed E-state index contributed by atoms with van der Waals surface area (Å²) < 4.78 is 5.39. The number of benzene rings is 2. The number of nitrogens with one attached hydrogen (secondary N) is 2. The topological polar surface area (TPSA) is 74.4 Å². The van der Waals surface area contributed by atoms with Gasteiger partial charge in [0, 0.05) is 38.5 Å². The van der Waals surface area contributed by atoms with Gasteiger partial charge in [0.1, 0.15) is 11.2 Å². The normalized spacial score (nSPS) is 21.0. The molecule has 1 aliphatic carbocycles. The molecule has 6 nitrogen and oxygen atoms in total. The van der Waals surface area contributed by atoms with Crippen LogP contribution in [0.15, 0.2) is 66.3 Å². The third-order valence-electron chi connectivity index (χ3n) is 6.44. The third-order valence-corrected chi connectivity index (χ3v) is 8.04. The number of hydrogen-bond acceptors (Lipinski definition) is 5. The van der Waals surface area contributed by atoms with Crippen molar-refractivity contribution in [1.29, 1.82) is 0 Å². The molecule has 8 heteroatoms. The lowest BCUT2D eigenvalue weighted by Gasteiger charge is -2.27. The van der Waals surface area contributed by atoms with Crippen molar-refractivity contribution in [2.45, 2.75) is 37.1 Å². The number of nitrogens with zero attached hydrogens (tertiary/aromatic N) is 1. The van der Waals surface area contributed by atoms with Gasteiger partial charge >= 0.3 is 0 Å². The van der Waals surface area contributed by atoms with E-state index in [0.29, 0.717) is 16.3 Å². The zero-order valence-electron chi connectivity index (χ0n) is 19.7. The summed E-state index contributed by atoms with van der Waals surface area (Å²) in [4.78, 5) is 32.2. The maximum absolute atomic E-state index is 13.8. The molecule has 2 heterocycles. The molecular weight excluding hydrogens is 482 g/mol. The van der Waals surface area contributed by atoms with E-state index in [9.17, 15) is 9.59 Å². The van der Waals surface area contributed by atoms with Gasteiger partial charge in [-0.2, -0.15) is 0 Å². The number of imide groups is 1. The van der Waals surface area contributed by atoms with E-state index < -0.39 is 5.50 Å². The molecule has 1 aliphatic heterocycles. The number of ether oxygens (including phenoxy) is 1. The number of methoxy groups -OCH3 is 1. The average molecular weight is 508 g/mol. The minimum Gasteiger partial charge on any atom is -0.497 e. The minimum absolute atomic E-state index is 0.0566.